The van der Waals surface area contributed by atoms with Gasteiger partial charge >= 0.3 is 5.97 Å². The maximum absolute atomic E-state index is 13.6. The Morgan fingerprint density at radius 1 is 0.750 bits per heavy atom. The van der Waals surface area contributed by atoms with Crippen LogP contribution in [0.15, 0.2) is 35.3 Å². The fourth-order valence-corrected chi connectivity index (χ4v) is 4.37. The van der Waals surface area contributed by atoms with Crippen molar-refractivity contribution < 1.29 is 29.1 Å². The number of carbonyl (C=O) groups is 5. The lowest BCUT2D eigenvalue weighted by Gasteiger charge is -2.26. The number of carboxylic acid groups (broad SMARTS) is 1. The molecule has 1 rings (SSSR count). The van der Waals surface area contributed by atoms with Crippen LogP contribution in [0.3, 0.4) is 0 Å². The van der Waals surface area contributed by atoms with E-state index in [0.29, 0.717) is 12.8 Å². The Labute approximate surface area is 259 Å². The number of aliphatic carboxylic acids is 1. The van der Waals surface area contributed by atoms with E-state index in [0.717, 1.165) is 5.56 Å². The number of guanidine groups is 1. The van der Waals surface area contributed by atoms with Gasteiger partial charge < -0.3 is 43.6 Å². The van der Waals surface area contributed by atoms with Gasteiger partial charge in [-0.05, 0) is 50.0 Å². The summed E-state index contributed by atoms with van der Waals surface area (Å²) in [4.78, 5) is 68.0. The van der Waals surface area contributed by atoms with Crippen LogP contribution in [0.4, 0.5) is 0 Å². The number of hydrogen-bond donors (Lipinski definition) is 8. The summed E-state index contributed by atoms with van der Waals surface area (Å²) in [5, 5.41) is 19.9. The van der Waals surface area contributed by atoms with E-state index in [9.17, 15) is 29.1 Å². The first-order valence-corrected chi connectivity index (χ1v) is 14.9. The Kier molecular flexibility index (Phi) is 16.5. The van der Waals surface area contributed by atoms with Crippen molar-refractivity contribution >= 4 is 35.6 Å². The van der Waals surface area contributed by atoms with Gasteiger partial charge in [0.2, 0.25) is 23.6 Å². The molecule has 0 aliphatic rings. The van der Waals surface area contributed by atoms with Crippen molar-refractivity contribution in [3.63, 3.8) is 0 Å². The molecule has 0 bridgehead atoms. The Morgan fingerprint density at radius 3 is 1.84 bits per heavy atom. The van der Waals surface area contributed by atoms with Gasteiger partial charge in [0.1, 0.15) is 24.2 Å². The average molecular weight is 619 g/mol. The highest BCUT2D eigenvalue weighted by atomic mass is 16.4. The minimum Gasteiger partial charge on any atom is -0.480 e. The largest absolute Gasteiger partial charge is 0.480 e. The standard InChI is InChI=1S/C30H50N8O6/c1-17(2)14-21(31)26(40)37-23(16-20-10-7-6-8-11-20)28(42)36-22(12-9-13-34-30(32)33)27(41)35-19(5)25(39)38-24(29(43)44)15-18(3)4/h6-8,10-11,17-19,21-24H,9,12-16,31H2,1-5H3,(H,35,41)(H,36,42)(H,37,40)(H,38,39)(H,43,44)(H4,32,33,34)/t19-,21-,22-,23-,24-/m0/s1. The minimum atomic E-state index is -1.19. The Hall–Kier alpha value is -4.20. The number of nitrogens with one attached hydrogen (secondary N) is 4. The lowest BCUT2D eigenvalue weighted by Crippen LogP contribution is -2.58. The number of nitrogens with two attached hydrogens (primary N) is 3. The van der Waals surface area contributed by atoms with Crippen LogP contribution < -0.4 is 38.5 Å². The maximum Gasteiger partial charge on any atom is 0.326 e. The van der Waals surface area contributed by atoms with E-state index in [1.165, 1.54) is 6.92 Å². The van der Waals surface area contributed by atoms with Crippen molar-refractivity contribution in [2.24, 2.45) is 34.0 Å². The number of aliphatic imine (C=N–C) groups is 1. The molecule has 0 heterocycles. The van der Waals surface area contributed by atoms with Crippen LogP contribution in [0.5, 0.6) is 0 Å². The van der Waals surface area contributed by atoms with Gasteiger partial charge in [0.15, 0.2) is 5.96 Å². The molecule has 11 N–H and O–H groups in total. The van der Waals surface area contributed by atoms with Crippen LogP contribution in [0.25, 0.3) is 0 Å². The molecule has 14 heteroatoms. The molecule has 5 atom stereocenters. The number of nitrogens with zero attached hydrogens (tertiary/aromatic N) is 1. The predicted molar refractivity (Wildman–Crippen MR) is 168 cm³/mol. The quantitative estimate of drug-likeness (QED) is 0.0578. The fraction of sp³-hybridized carbons (Fsp3) is 0.600. The van der Waals surface area contributed by atoms with Crippen molar-refractivity contribution in [3.8, 4) is 0 Å². The fourth-order valence-electron chi connectivity index (χ4n) is 4.37. The van der Waals surface area contributed by atoms with Crippen molar-refractivity contribution in [2.75, 3.05) is 6.54 Å². The number of benzene rings is 1. The minimum absolute atomic E-state index is 0.00959. The van der Waals surface area contributed by atoms with Gasteiger partial charge in [0, 0.05) is 13.0 Å². The Balaban J connectivity index is 3.14. The summed E-state index contributed by atoms with van der Waals surface area (Å²) in [6.07, 6.45) is 1.18. The summed E-state index contributed by atoms with van der Waals surface area (Å²) in [5.74, 6) is -3.63. The second-order valence-corrected chi connectivity index (χ2v) is 11.8. The second-order valence-electron chi connectivity index (χ2n) is 11.8. The molecule has 1 aromatic rings. The molecular formula is C30H50N8O6. The summed E-state index contributed by atoms with van der Waals surface area (Å²) in [6.45, 7) is 9.11. The van der Waals surface area contributed by atoms with Crippen molar-refractivity contribution in [2.45, 2.75) is 96.9 Å². The molecule has 44 heavy (non-hydrogen) atoms. The van der Waals surface area contributed by atoms with E-state index in [-0.39, 0.29) is 43.6 Å². The number of carbonyl (C=O) groups excluding carboxylic acids is 4. The molecule has 0 aliphatic heterocycles. The zero-order chi connectivity index (χ0) is 33.4. The molecule has 0 saturated carbocycles. The molecule has 0 aliphatic carbocycles. The molecule has 1 aromatic carbocycles. The SMILES string of the molecule is CC(C)C[C@H](NC(=O)[C@H](C)NC(=O)[C@H](CCCN=C(N)N)NC(=O)[C@H](Cc1ccccc1)NC(=O)[C@@H](N)CC(C)C)C(=O)O. The van der Waals surface area contributed by atoms with Crippen LogP contribution in [0.1, 0.15) is 65.9 Å². The summed E-state index contributed by atoms with van der Waals surface area (Å²) < 4.78 is 0. The summed E-state index contributed by atoms with van der Waals surface area (Å²) in [7, 11) is 0. The predicted octanol–water partition coefficient (Wildman–Crippen LogP) is -0.254. The Bertz CT molecular complexity index is 1120. The molecule has 4 amide bonds. The van der Waals surface area contributed by atoms with Gasteiger partial charge in [-0.3, -0.25) is 24.2 Å². The van der Waals surface area contributed by atoms with Gasteiger partial charge in [-0.2, -0.15) is 0 Å². The van der Waals surface area contributed by atoms with Gasteiger partial charge in [-0.15, -0.1) is 0 Å². The molecular weight excluding hydrogens is 568 g/mol. The first-order chi connectivity index (χ1) is 20.6. The third-order valence-corrected chi connectivity index (χ3v) is 6.63. The van der Waals surface area contributed by atoms with Crippen LogP contribution in [-0.4, -0.2) is 77.4 Å². The number of hydrogen-bond acceptors (Lipinski definition) is 7. The van der Waals surface area contributed by atoms with E-state index in [1.807, 2.05) is 45.9 Å². The summed E-state index contributed by atoms with van der Waals surface area (Å²) in [5.41, 5.74) is 17.6. The number of rotatable bonds is 19. The highest BCUT2D eigenvalue weighted by molar-refractivity contribution is 5.95. The van der Waals surface area contributed by atoms with Crippen LogP contribution in [0, 0.1) is 11.8 Å². The smallest absolute Gasteiger partial charge is 0.326 e. The number of carboxylic acids is 1. The third kappa shape index (κ3) is 14.8. The van der Waals surface area contributed by atoms with Crippen LogP contribution in [-0.2, 0) is 30.4 Å². The zero-order valence-corrected chi connectivity index (χ0v) is 26.3. The van der Waals surface area contributed by atoms with Crippen molar-refractivity contribution in [1.29, 1.82) is 0 Å². The van der Waals surface area contributed by atoms with E-state index < -0.39 is 59.8 Å². The monoisotopic (exact) mass is 618 g/mol. The lowest BCUT2D eigenvalue weighted by atomic mass is 10.0. The topological polar surface area (TPSA) is 244 Å². The molecule has 246 valence electrons. The van der Waals surface area contributed by atoms with Crippen molar-refractivity contribution in [1.82, 2.24) is 21.3 Å². The van der Waals surface area contributed by atoms with Gasteiger partial charge in [-0.25, -0.2) is 4.79 Å². The van der Waals surface area contributed by atoms with Gasteiger partial charge in [-0.1, -0.05) is 58.0 Å². The molecule has 0 spiro atoms. The third-order valence-electron chi connectivity index (χ3n) is 6.63. The highest BCUT2D eigenvalue weighted by Crippen LogP contribution is 2.09. The number of amides is 4. The van der Waals surface area contributed by atoms with Crippen LogP contribution in [0.2, 0.25) is 0 Å². The zero-order valence-electron chi connectivity index (χ0n) is 26.3. The lowest BCUT2D eigenvalue weighted by molar-refractivity contribution is -0.142. The summed E-state index contributed by atoms with van der Waals surface area (Å²) >= 11 is 0. The summed E-state index contributed by atoms with van der Waals surface area (Å²) in [6, 6.07) is 3.81. The first kappa shape index (κ1) is 37.8. The first-order valence-electron chi connectivity index (χ1n) is 14.9. The van der Waals surface area contributed by atoms with E-state index >= 15 is 0 Å². The Morgan fingerprint density at radius 2 is 1.30 bits per heavy atom. The second kappa shape index (κ2) is 19.2. The molecule has 0 saturated heterocycles. The van der Waals surface area contributed by atoms with E-state index in [4.69, 9.17) is 17.2 Å². The van der Waals surface area contributed by atoms with E-state index in [2.05, 4.69) is 26.3 Å². The van der Waals surface area contributed by atoms with Gasteiger partial charge in [0.25, 0.3) is 0 Å². The van der Waals surface area contributed by atoms with Crippen LogP contribution >= 0.6 is 0 Å². The van der Waals surface area contributed by atoms with Gasteiger partial charge in [0.05, 0.1) is 6.04 Å². The molecule has 14 nitrogen and oxygen atoms in total. The van der Waals surface area contributed by atoms with E-state index in [1.54, 1.807) is 12.1 Å². The normalized spacial score (nSPS) is 14.5. The molecule has 0 unspecified atom stereocenters. The molecule has 0 fully saturated rings. The molecule has 0 aromatic heterocycles. The van der Waals surface area contributed by atoms with Crippen molar-refractivity contribution in [3.05, 3.63) is 35.9 Å². The average Bonchev–Trinajstić information content (AvgIpc) is 2.93. The maximum atomic E-state index is 13.6. The molecule has 0 radical (unpaired) electrons. The highest BCUT2D eigenvalue weighted by Gasteiger charge is 2.30.